The number of pyridine rings is 1. The van der Waals surface area contributed by atoms with E-state index in [9.17, 15) is 9.90 Å². The topological polar surface area (TPSA) is 48.7 Å². The third-order valence-electron chi connectivity index (χ3n) is 4.65. The fourth-order valence-electron chi connectivity index (χ4n) is 3.01. The third kappa shape index (κ3) is 4.04. The van der Waals surface area contributed by atoms with Gasteiger partial charge in [-0.05, 0) is 19.5 Å². The molecule has 1 fully saturated rings. The third-order valence-corrected chi connectivity index (χ3v) is 4.65. The van der Waals surface area contributed by atoms with Crippen molar-refractivity contribution in [2.45, 2.75) is 20.0 Å². The van der Waals surface area contributed by atoms with Crippen LogP contribution < -0.4 is 5.43 Å². The van der Waals surface area contributed by atoms with E-state index in [1.165, 1.54) is 5.56 Å². The van der Waals surface area contributed by atoms with Crippen molar-refractivity contribution in [2.24, 2.45) is 0 Å². The largest absolute Gasteiger partial charge is 0.503 e. The SMILES string of the molecule is Cc1ccc(Cn2cc(O)c(=O)cc2CN2CCN(C)CC2)cc1. The van der Waals surface area contributed by atoms with Crippen LogP contribution in [0.3, 0.4) is 0 Å². The minimum Gasteiger partial charge on any atom is -0.503 e. The molecule has 24 heavy (non-hydrogen) atoms. The van der Waals surface area contributed by atoms with E-state index >= 15 is 0 Å². The first-order chi connectivity index (χ1) is 11.5. The zero-order valence-electron chi connectivity index (χ0n) is 14.4. The van der Waals surface area contributed by atoms with E-state index in [4.69, 9.17) is 0 Å². The van der Waals surface area contributed by atoms with Crippen LogP contribution in [0.1, 0.15) is 16.8 Å². The number of aryl methyl sites for hydroxylation is 1. The van der Waals surface area contributed by atoms with Crippen LogP contribution in [0, 0.1) is 6.92 Å². The summed E-state index contributed by atoms with van der Waals surface area (Å²) in [5.41, 5.74) is 3.02. The quantitative estimate of drug-likeness (QED) is 0.928. The van der Waals surface area contributed by atoms with Crippen molar-refractivity contribution < 1.29 is 5.11 Å². The highest BCUT2D eigenvalue weighted by Crippen LogP contribution is 2.13. The van der Waals surface area contributed by atoms with Crippen LogP contribution in [0.4, 0.5) is 0 Å². The number of hydrogen-bond acceptors (Lipinski definition) is 4. The van der Waals surface area contributed by atoms with Gasteiger partial charge in [-0.1, -0.05) is 29.8 Å². The Morgan fingerprint density at radius 1 is 1.04 bits per heavy atom. The van der Waals surface area contributed by atoms with Crippen LogP contribution in [-0.2, 0) is 13.1 Å². The molecule has 0 radical (unpaired) electrons. The van der Waals surface area contributed by atoms with Crippen molar-refractivity contribution in [1.29, 1.82) is 0 Å². The molecule has 2 heterocycles. The molecule has 0 amide bonds. The summed E-state index contributed by atoms with van der Waals surface area (Å²) < 4.78 is 1.99. The molecule has 128 valence electrons. The second kappa shape index (κ2) is 7.20. The monoisotopic (exact) mass is 327 g/mol. The standard InChI is InChI=1S/C19H25N3O2/c1-15-3-5-16(6-4-15)12-22-14-19(24)18(23)11-17(22)13-21-9-7-20(2)8-10-21/h3-6,11,14,24H,7-10,12-13H2,1-2H3. The van der Waals surface area contributed by atoms with Gasteiger partial charge < -0.3 is 14.6 Å². The normalized spacial score (nSPS) is 16.4. The fourth-order valence-corrected chi connectivity index (χ4v) is 3.01. The van der Waals surface area contributed by atoms with Gasteiger partial charge in [0.15, 0.2) is 5.75 Å². The van der Waals surface area contributed by atoms with Crippen LogP contribution in [0.5, 0.6) is 5.75 Å². The number of rotatable bonds is 4. The van der Waals surface area contributed by atoms with Crippen molar-refractivity contribution in [1.82, 2.24) is 14.4 Å². The predicted octanol–water partition coefficient (Wildman–Crippen LogP) is 1.66. The van der Waals surface area contributed by atoms with Gasteiger partial charge in [0.1, 0.15) is 0 Å². The van der Waals surface area contributed by atoms with Gasteiger partial charge in [0, 0.05) is 51.0 Å². The summed E-state index contributed by atoms with van der Waals surface area (Å²) in [6.45, 7) is 7.52. The molecule has 0 saturated carbocycles. The Balaban J connectivity index is 1.83. The Morgan fingerprint density at radius 3 is 2.38 bits per heavy atom. The molecule has 0 unspecified atom stereocenters. The molecule has 1 aliphatic heterocycles. The first kappa shape index (κ1) is 16.7. The number of piperazine rings is 1. The van der Waals surface area contributed by atoms with Crippen molar-refractivity contribution in [2.75, 3.05) is 33.2 Å². The highest BCUT2D eigenvalue weighted by molar-refractivity contribution is 5.25. The van der Waals surface area contributed by atoms with Crippen molar-refractivity contribution >= 4 is 0 Å². The number of aromatic hydroxyl groups is 1. The lowest BCUT2D eigenvalue weighted by atomic mass is 10.1. The molecule has 5 nitrogen and oxygen atoms in total. The Hall–Kier alpha value is -2.11. The molecule has 1 aromatic heterocycles. The lowest BCUT2D eigenvalue weighted by molar-refractivity contribution is 0.145. The Morgan fingerprint density at radius 2 is 1.71 bits per heavy atom. The van der Waals surface area contributed by atoms with E-state index in [0.29, 0.717) is 6.54 Å². The summed E-state index contributed by atoms with van der Waals surface area (Å²) in [7, 11) is 2.13. The lowest BCUT2D eigenvalue weighted by Crippen LogP contribution is -2.44. The zero-order valence-corrected chi connectivity index (χ0v) is 14.4. The van der Waals surface area contributed by atoms with Crippen LogP contribution in [0.2, 0.25) is 0 Å². The van der Waals surface area contributed by atoms with Gasteiger partial charge in [0.25, 0.3) is 0 Å². The molecule has 0 atom stereocenters. The maximum absolute atomic E-state index is 11.9. The van der Waals surface area contributed by atoms with Crippen LogP contribution in [0.25, 0.3) is 0 Å². The highest BCUT2D eigenvalue weighted by atomic mass is 16.3. The number of likely N-dealkylation sites (N-methyl/N-ethyl adjacent to an activating group) is 1. The molecule has 1 aliphatic rings. The molecule has 5 heteroatoms. The minimum absolute atomic E-state index is 0.191. The van der Waals surface area contributed by atoms with E-state index in [1.807, 2.05) is 4.57 Å². The Bertz CT molecular complexity index is 744. The van der Waals surface area contributed by atoms with Gasteiger partial charge in [-0.15, -0.1) is 0 Å². The average molecular weight is 327 g/mol. The Kier molecular flexibility index (Phi) is 5.02. The zero-order chi connectivity index (χ0) is 17.1. The van der Waals surface area contributed by atoms with E-state index in [-0.39, 0.29) is 11.2 Å². The molecule has 2 aromatic rings. The highest BCUT2D eigenvalue weighted by Gasteiger charge is 2.16. The van der Waals surface area contributed by atoms with Crippen molar-refractivity contribution in [3.63, 3.8) is 0 Å². The van der Waals surface area contributed by atoms with E-state index < -0.39 is 0 Å². The molecule has 0 bridgehead atoms. The number of hydrogen-bond donors (Lipinski definition) is 1. The van der Waals surface area contributed by atoms with Crippen LogP contribution in [-0.4, -0.2) is 52.7 Å². The van der Waals surface area contributed by atoms with E-state index in [0.717, 1.165) is 44.0 Å². The first-order valence-corrected chi connectivity index (χ1v) is 8.40. The Labute approximate surface area is 142 Å². The smallest absolute Gasteiger partial charge is 0.223 e. The molecule has 3 rings (SSSR count). The molecule has 0 spiro atoms. The van der Waals surface area contributed by atoms with Gasteiger partial charge in [-0.3, -0.25) is 9.69 Å². The summed E-state index contributed by atoms with van der Waals surface area (Å²) in [5.74, 6) is -0.191. The van der Waals surface area contributed by atoms with Gasteiger partial charge in [0.2, 0.25) is 5.43 Å². The fraction of sp³-hybridized carbons (Fsp3) is 0.421. The molecular formula is C19H25N3O2. The van der Waals surface area contributed by atoms with Crippen LogP contribution >= 0.6 is 0 Å². The predicted molar refractivity (Wildman–Crippen MR) is 95.4 cm³/mol. The maximum atomic E-state index is 11.9. The molecule has 1 aromatic carbocycles. The molecule has 1 N–H and O–H groups in total. The van der Waals surface area contributed by atoms with Gasteiger partial charge in [-0.25, -0.2) is 0 Å². The maximum Gasteiger partial charge on any atom is 0.223 e. The second-order valence-corrected chi connectivity index (χ2v) is 6.71. The van der Waals surface area contributed by atoms with E-state index in [2.05, 4.69) is 48.0 Å². The number of nitrogens with zero attached hydrogens (tertiary/aromatic N) is 3. The van der Waals surface area contributed by atoms with Crippen LogP contribution in [0.15, 0.2) is 41.3 Å². The van der Waals surface area contributed by atoms with Crippen molar-refractivity contribution in [3.05, 3.63) is 63.6 Å². The summed E-state index contributed by atoms with van der Waals surface area (Å²) in [4.78, 5) is 16.6. The first-order valence-electron chi connectivity index (χ1n) is 8.40. The second-order valence-electron chi connectivity index (χ2n) is 6.71. The summed E-state index contributed by atoms with van der Waals surface area (Å²) >= 11 is 0. The summed E-state index contributed by atoms with van der Waals surface area (Å²) in [6.07, 6.45) is 1.56. The summed E-state index contributed by atoms with van der Waals surface area (Å²) in [6, 6.07) is 9.91. The van der Waals surface area contributed by atoms with E-state index in [1.54, 1.807) is 12.3 Å². The summed E-state index contributed by atoms with van der Waals surface area (Å²) in [5, 5.41) is 9.83. The molecule has 1 saturated heterocycles. The van der Waals surface area contributed by atoms with Gasteiger partial charge in [0.05, 0.1) is 6.20 Å². The molecule has 0 aliphatic carbocycles. The number of aromatic nitrogens is 1. The van der Waals surface area contributed by atoms with Crippen molar-refractivity contribution in [3.8, 4) is 5.75 Å². The molecular weight excluding hydrogens is 302 g/mol. The minimum atomic E-state index is -0.306. The van der Waals surface area contributed by atoms with Gasteiger partial charge in [-0.2, -0.15) is 0 Å². The lowest BCUT2D eigenvalue weighted by Gasteiger charge is -2.32. The van der Waals surface area contributed by atoms with Gasteiger partial charge >= 0.3 is 0 Å². The number of benzene rings is 1. The average Bonchev–Trinajstić information content (AvgIpc) is 2.56.